The number of carbonyl (C=O) groups excluding carboxylic acids is 1. The van der Waals surface area contributed by atoms with E-state index in [1.165, 1.54) is 24.3 Å². The summed E-state index contributed by atoms with van der Waals surface area (Å²) in [4.78, 5) is 32.8. The van der Waals surface area contributed by atoms with E-state index in [2.05, 4.69) is 0 Å². The highest BCUT2D eigenvalue weighted by Gasteiger charge is 2.25. The lowest BCUT2D eigenvalue weighted by Gasteiger charge is -2.14. The first-order valence-electron chi connectivity index (χ1n) is 5.83. The predicted octanol–water partition coefficient (Wildman–Crippen LogP) is 2.52. The van der Waals surface area contributed by atoms with Crippen molar-refractivity contribution in [3.63, 3.8) is 0 Å². The second kappa shape index (κ2) is 6.08. The van der Waals surface area contributed by atoms with Crippen LogP contribution in [0.5, 0.6) is 0 Å². The van der Waals surface area contributed by atoms with Gasteiger partial charge in [0.15, 0.2) is 5.78 Å². The number of hydrogen-bond donors (Lipinski definition) is 1. The number of rotatable bonds is 6. The molecule has 0 aliphatic carbocycles. The minimum atomic E-state index is -1.01. The number of hydrogen-bond acceptors (Lipinski definition) is 4. The van der Waals surface area contributed by atoms with Crippen molar-refractivity contribution in [1.82, 2.24) is 0 Å². The molecule has 6 heteroatoms. The summed E-state index contributed by atoms with van der Waals surface area (Å²) in [6.45, 7) is 3.48. The van der Waals surface area contributed by atoms with E-state index in [1.54, 1.807) is 13.8 Å². The van der Waals surface area contributed by atoms with Crippen molar-refractivity contribution in [2.24, 2.45) is 11.8 Å². The quantitative estimate of drug-likeness (QED) is 0.484. The first kappa shape index (κ1) is 14.8. The predicted molar refractivity (Wildman–Crippen MR) is 68.0 cm³/mol. The standard InChI is InChI=1S/C13H15NO5/c1-8(2)11(13(16)17)7-12(15)9-3-5-10(6-4-9)14(18)19/h3-6,8,11H,7H2,1-2H3,(H,16,17). The number of carboxylic acid groups (broad SMARTS) is 1. The van der Waals surface area contributed by atoms with Crippen LogP contribution in [0.1, 0.15) is 30.6 Å². The summed E-state index contributed by atoms with van der Waals surface area (Å²) in [6, 6.07) is 5.16. The number of nitro groups is 1. The van der Waals surface area contributed by atoms with E-state index >= 15 is 0 Å². The lowest BCUT2D eigenvalue weighted by Crippen LogP contribution is -2.23. The Bertz CT molecular complexity index is 492. The summed E-state index contributed by atoms with van der Waals surface area (Å²) >= 11 is 0. The first-order chi connectivity index (χ1) is 8.82. The lowest BCUT2D eigenvalue weighted by atomic mass is 9.89. The maximum Gasteiger partial charge on any atom is 0.307 e. The summed E-state index contributed by atoms with van der Waals surface area (Å²) in [5, 5.41) is 19.5. The van der Waals surface area contributed by atoms with Gasteiger partial charge in [0.25, 0.3) is 5.69 Å². The Morgan fingerprint density at radius 2 is 1.79 bits per heavy atom. The zero-order chi connectivity index (χ0) is 14.6. The normalized spacial score (nSPS) is 12.2. The third kappa shape index (κ3) is 3.87. The Hall–Kier alpha value is -2.24. The largest absolute Gasteiger partial charge is 0.481 e. The van der Waals surface area contributed by atoms with E-state index in [9.17, 15) is 19.7 Å². The molecule has 0 aliphatic heterocycles. The molecule has 0 saturated heterocycles. The highest BCUT2D eigenvalue weighted by molar-refractivity contribution is 5.98. The molecule has 1 aromatic rings. The second-order valence-corrected chi connectivity index (χ2v) is 4.62. The van der Waals surface area contributed by atoms with Gasteiger partial charge in [0.05, 0.1) is 10.8 Å². The number of aliphatic carboxylic acids is 1. The molecule has 102 valence electrons. The number of ketones is 1. The minimum absolute atomic E-state index is 0.102. The highest BCUT2D eigenvalue weighted by Crippen LogP contribution is 2.20. The number of benzene rings is 1. The maximum absolute atomic E-state index is 11.9. The van der Waals surface area contributed by atoms with Crippen molar-refractivity contribution in [2.75, 3.05) is 0 Å². The zero-order valence-electron chi connectivity index (χ0n) is 10.7. The van der Waals surface area contributed by atoms with Gasteiger partial charge in [0, 0.05) is 24.1 Å². The molecule has 1 N–H and O–H groups in total. The van der Waals surface area contributed by atoms with E-state index < -0.39 is 16.8 Å². The summed E-state index contributed by atoms with van der Waals surface area (Å²) in [5.74, 6) is -2.23. The number of carboxylic acids is 1. The van der Waals surface area contributed by atoms with Gasteiger partial charge in [0.2, 0.25) is 0 Å². The Morgan fingerprint density at radius 3 is 2.16 bits per heavy atom. The lowest BCUT2D eigenvalue weighted by molar-refractivity contribution is -0.384. The fraction of sp³-hybridized carbons (Fsp3) is 0.385. The van der Waals surface area contributed by atoms with Crippen molar-refractivity contribution in [1.29, 1.82) is 0 Å². The summed E-state index contributed by atoms with van der Waals surface area (Å²) in [7, 11) is 0. The van der Waals surface area contributed by atoms with Crippen LogP contribution in [0.25, 0.3) is 0 Å². The van der Waals surface area contributed by atoms with Gasteiger partial charge in [-0.2, -0.15) is 0 Å². The molecular formula is C13H15NO5. The monoisotopic (exact) mass is 265 g/mol. The Kier molecular flexibility index (Phi) is 4.74. The molecule has 1 unspecified atom stereocenters. The van der Waals surface area contributed by atoms with Crippen molar-refractivity contribution < 1.29 is 19.6 Å². The molecule has 0 radical (unpaired) electrons. The van der Waals surface area contributed by atoms with Gasteiger partial charge in [-0.3, -0.25) is 19.7 Å². The van der Waals surface area contributed by atoms with Crippen molar-refractivity contribution in [2.45, 2.75) is 20.3 Å². The SMILES string of the molecule is CC(C)C(CC(=O)c1ccc([N+](=O)[O-])cc1)C(=O)O. The molecule has 0 spiro atoms. The van der Waals surface area contributed by atoms with Crippen LogP contribution >= 0.6 is 0 Å². The molecule has 0 bridgehead atoms. The van der Waals surface area contributed by atoms with Crippen LogP contribution in [0.4, 0.5) is 5.69 Å². The van der Waals surface area contributed by atoms with Crippen LogP contribution in [0.3, 0.4) is 0 Å². The number of Topliss-reactive ketones (excluding diaryl/α,β-unsaturated/α-hetero) is 1. The van der Waals surface area contributed by atoms with Crippen LogP contribution in [-0.4, -0.2) is 21.8 Å². The van der Waals surface area contributed by atoms with Crippen molar-refractivity contribution in [3.8, 4) is 0 Å². The fourth-order valence-electron chi connectivity index (χ4n) is 1.69. The summed E-state index contributed by atoms with van der Waals surface area (Å²) in [6.07, 6.45) is -0.106. The van der Waals surface area contributed by atoms with Gasteiger partial charge < -0.3 is 5.11 Å². The van der Waals surface area contributed by atoms with Gasteiger partial charge in [0.1, 0.15) is 0 Å². The maximum atomic E-state index is 11.9. The highest BCUT2D eigenvalue weighted by atomic mass is 16.6. The van der Waals surface area contributed by atoms with Gasteiger partial charge in [-0.15, -0.1) is 0 Å². The molecule has 0 saturated carbocycles. The topological polar surface area (TPSA) is 97.5 Å². The molecule has 0 heterocycles. The molecule has 0 amide bonds. The van der Waals surface area contributed by atoms with Crippen LogP contribution in [0.2, 0.25) is 0 Å². The molecule has 6 nitrogen and oxygen atoms in total. The number of nitro benzene ring substituents is 1. The van der Waals surface area contributed by atoms with Gasteiger partial charge in [-0.25, -0.2) is 0 Å². The Labute approximate surface area is 110 Å². The second-order valence-electron chi connectivity index (χ2n) is 4.62. The summed E-state index contributed by atoms with van der Waals surface area (Å²) < 4.78 is 0. The summed E-state index contributed by atoms with van der Waals surface area (Å²) in [5.41, 5.74) is 0.188. The van der Waals surface area contributed by atoms with Crippen LogP contribution in [0, 0.1) is 22.0 Å². The van der Waals surface area contributed by atoms with E-state index in [1.807, 2.05) is 0 Å². The Balaban J connectivity index is 2.83. The molecule has 0 fully saturated rings. The molecule has 0 aliphatic rings. The average Bonchev–Trinajstić information content (AvgIpc) is 2.34. The van der Waals surface area contributed by atoms with E-state index in [0.29, 0.717) is 0 Å². The molecule has 19 heavy (non-hydrogen) atoms. The van der Waals surface area contributed by atoms with E-state index in [0.717, 1.165) is 0 Å². The molecular weight excluding hydrogens is 250 g/mol. The fourth-order valence-corrected chi connectivity index (χ4v) is 1.69. The average molecular weight is 265 g/mol. The van der Waals surface area contributed by atoms with Gasteiger partial charge in [-0.1, -0.05) is 13.8 Å². The zero-order valence-corrected chi connectivity index (χ0v) is 10.7. The van der Waals surface area contributed by atoms with Crippen LogP contribution in [-0.2, 0) is 4.79 Å². The third-order valence-electron chi connectivity index (χ3n) is 2.93. The Morgan fingerprint density at radius 1 is 1.26 bits per heavy atom. The number of non-ortho nitro benzene ring substituents is 1. The van der Waals surface area contributed by atoms with Crippen LogP contribution in [0.15, 0.2) is 24.3 Å². The van der Waals surface area contributed by atoms with E-state index in [4.69, 9.17) is 5.11 Å². The molecule has 1 atom stereocenters. The minimum Gasteiger partial charge on any atom is -0.481 e. The van der Waals surface area contributed by atoms with Crippen molar-refractivity contribution >= 4 is 17.4 Å². The first-order valence-corrected chi connectivity index (χ1v) is 5.83. The smallest absolute Gasteiger partial charge is 0.307 e. The number of carbonyl (C=O) groups is 2. The van der Waals surface area contributed by atoms with Crippen LogP contribution < -0.4 is 0 Å². The molecule has 1 aromatic carbocycles. The molecule has 0 aromatic heterocycles. The van der Waals surface area contributed by atoms with Gasteiger partial charge in [-0.05, 0) is 18.1 Å². The molecule has 1 rings (SSSR count). The van der Waals surface area contributed by atoms with Crippen molar-refractivity contribution in [3.05, 3.63) is 39.9 Å². The van der Waals surface area contributed by atoms with Gasteiger partial charge >= 0.3 is 5.97 Å². The number of nitrogens with zero attached hydrogens (tertiary/aromatic N) is 1. The third-order valence-corrected chi connectivity index (χ3v) is 2.93. The van der Waals surface area contributed by atoms with E-state index in [-0.39, 0.29) is 29.4 Å².